The number of anilines is 1. The Morgan fingerprint density at radius 3 is 2.91 bits per heavy atom. The van der Waals surface area contributed by atoms with Crippen molar-refractivity contribution in [2.75, 3.05) is 31.7 Å². The molecule has 1 aromatic carbocycles. The molecule has 0 amide bonds. The lowest BCUT2D eigenvalue weighted by Gasteiger charge is -2.11. The third kappa shape index (κ3) is 4.20. The van der Waals surface area contributed by atoms with Crippen molar-refractivity contribution in [1.29, 1.82) is 0 Å². The van der Waals surface area contributed by atoms with Gasteiger partial charge in [-0.25, -0.2) is 9.97 Å². The van der Waals surface area contributed by atoms with Gasteiger partial charge in [-0.15, -0.1) is 0 Å². The Labute approximate surface area is 137 Å². The van der Waals surface area contributed by atoms with Gasteiger partial charge in [0, 0.05) is 18.6 Å². The molecule has 122 valence electrons. The SMILES string of the molecule is Cc1ccc(OCCNc2cc([C@H]3CCOC3)ncn2)cc1C. The summed E-state index contributed by atoms with van der Waals surface area (Å²) in [6.45, 7) is 7.06. The first-order valence-electron chi connectivity index (χ1n) is 8.06. The topological polar surface area (TPSA) is 56.3 Å². The van der Waals surface area contributed by atoms with Gasteiger partial charge in [0.05, 0.1) is 18.8 Å². The fraction of sp³-hybridized carbons (Fsp3) is 0.444. The van der Waals surface area contributed by atoms with Crippen molar-refractivity contribution >= 4 is 5.82 Å². The largest absolute Gasteiger partial charge is 0.492 e. The highest BCUT2D eigenvalue weighted by molar-refractivity contribution is 5.36. The molecule has 5 nitrogen and oxygen atoms in total. The molecule has 0 radical (unpaired) electrons. The summed E-state index contributed by atoms with van der Waals surface area (Å²) in [5.74, 6) is 2.14. The van der Waals surface area contributed by atoms with Crippen LogP contribution in [0, 0.1) is 13.8 Å². The van der Waals surface area contributed by atoms with Gasteiger partial charge in [0.2, 0.25) is 0 Å². The van der Waals surface area contributed by atoms with E-state index >= 15 is 0 Å². The second-order valence-electron chi connectivity index (χ2n) is 5.91. The Morgan fingerprint density at radius 2 is 2.13 bits per heavy atom. The van der Waals surface area contributed by atoms with Crippen molar-refractivity contribution in [2.24, 2.45) is 0 Å². The van der Waals surface area contributed by atoms with Gasteiger partial charge < -0.3 is 14.8 Å². The van der Waals surface area contributed by atoms with Crippen LogP contribution in [0.15, 0.2) is 30.6 Å². The van der Waals surface area contributed by atoms with Gasteiger partial charge in [-0.3, -0.25) is 0 Å². The van der Waals surface area contributed by atoms with Crippen LogP contribution < -0.4 is 10.1 Å². The molecule has 1 aromatic heterocycles. The van der Waals surface area contributed by atoms with Crippen molar-refractivity contribution < 1.29 is 9.47 Å². The Bertz CT molecular complexity index is 654. The second kappa shape index (κ2) is 7.42. The van der Waals surface area contributed by atoms with Gasteiger partial charge in [0.1, 0.15) is 24.5 Å². The molecule has 1 aliphatic heterocycles. The van der Waals surface area contributed by atoms with Crippen LogP contribution in [0.2, 0.25) is 0 Å². The minimum absolute atomic E-state index is 0.394. The molecular formula is C18H23N3O2. The van der Waals surface area contributed by atoms with Crippen LogP contribution in [0.5, 0.6) is 5.75 Å². The molecular weight excluding hydrogens is 290 g/mol. The summed E-state index contributed by atoms with van der Waals surface area (Å²) in [6, 6.07) is 8.16. The third-order valence-electron chi connectivity index (χ3n) is 4.19. The van der Waals surface area contributed by atoms with Crippen LogP contribution in [0.3, 0.4) is 0 Å². The predicted molar refractivity (Wildman–Crippen MR) is 90.1 cm³/mol. The Balaban J connectivity index is 1.48. The average Bonchev–Trinajstić information content (AvgIpc) is 3.10. The smallest absolute Gasteiger partial charge is 0.129 e. The molecule has 2 aromatic rings. The van der Waals surface area contributed by atoms with Gasteiger partial charge in [-0.1, -0.05) is 6.07 Å². The summed E-state index contributed by atoms with van der Waals surface area (Å²) in [5.41, 5.74) is 3.57. The van der Waals surface area contributed by atoms with E-state index in [4.69, 9.17) is 9.47 Å². The van der Waals surface area contributed by atoms with Crippen LogP contribution >= 0.6 is 0 Å². The molecule has 0 unspecified atom stereocenters. The first-order valence-corrected chi connectivity index (χ1v) is 8.06. The number of benzene rings is 1. The number of aromatic nitrogens is 2. The van der Waals surface area contributed by atoms with E-state index in [9.17, 15) is 0 Å². The Kier molecular flexibility index (Phi) is 5.08. The minimum Gasteiger partial charge on any atom is -0.492 e. The molecule has 1 N–H and O–H groups in total. The Hall–Kier alpha value is -2.14. The zero-order valence-corrected chi connectivity index (χ0v) is 13.7. The van der Waals surface area contributed by atoms with E-state index in [2.05, 4.69) is 41.3 Å². The van der Waals surface area contributed by atoms with Gasteiger partial charge in [0.25, 0.3) is 0 Å². The van der Waals surface area contributed by atoms with Gasteiger partial charge in [0.15, 0.2) is 0 Å². The molecule has 1 fully saturated rings. The quantitative estimate of drug-likeness (QED) is 0.831. The zero-order chi connectivity index (χ0) is 16.1. The van der Waals surface area contributed by atoms with Crippen molar-refractivity contribution in [3.05, 3.63) is 47.4 Å². The molecule has 5 heteroatoms. The van der Waals surface area contributed by atoms with Crippen LogP contribution in [0.25, 0.3) is 0 Å². The summed E-state index contributed by atoms with van der Waals surface area (Å²) in [4.78, 5) is 8.62. The first kappa shape index (κ1) is 15.7. The number of ether oxygens (including phenoxy) is 2. The number of nitrogens with zero attached hydrogens (tertiary/aromatic N) is 2. The van der Waals surface area contributed by atoms with E-state index in [0.717, 1.165) is 36.9 Å². The molecule has 0 bridgehead atoms. The summed E-state index contributed by atoms with van der Waals surface area (Å²) in [6.07, 6.45) is 2.65. The van der Waals surface area contributed by atoms with Gasteiger partial charge in [-0.2, -0.15) is 0 Å². The number of hydrogen-bond acceptors (Lipinski definition) is 5. The van der Waals surface area contributed by atoms with Crippen LogP contribution in [-0.4, -0.2) is 36.3 Å². The number of nitrogens with one attached hydrogen (secondary N) is 1. The number of hydrogen-bond donors (Lipinski definition) is 1. The summed E-state index contributed by atoms with van der Waals surface area (Å²) < 4.78 is 11.2. The van der Waals surface area contributed by atoms with Crippen molar-refractivity contribution in [3.8, 4) is 5.75 Å². The highest BCUT2D eigenvalue weighted by Crippen LogP contribution is 2.24. The fourth-order valence-corrected chi connectivity index (χ4v) is 2.61. The van der Waals surface area contributed by atoms with Gasteiger partial charge >= 0.3 is 0 Å². The minimum atomic E-state index is 0.394. The molecule has 23 heavy (non-hydrogen) atoms. The molecule has 1 aliphatic rings. The normalized spacial score (nSPS) is 17.2. The maximum atomic E-state index is 5.77. The fourth-order valence-electron chi connectivity index (χ4n) is 2.61. The average molecular weight is 313 g/mol. The monoisotopic (exact) mass is 313 g/mol. The van der Waals surface area contributed by atoms with Crippen LogP contribution in [0.1, 0.15) is 29.2 Å². The molecule has 1 atom stereocenters. The first-order chi connectivity index (χ1) is 11.2. The van der Waals surface area contributed by atoms with E-state index in [-0.39, 0.29) is 0 Å². The maximum absolute atomic E-state index is 5.77. The summed E-state index contributed by atoms with van der Waals surface area (Å²) in [7, 11) is 0. The summed E-state index contributed by atoms with van der Waals surface area (Å²) in [5, 5.41) is 3.29. The molecule has 1 saturated heterocycles. The van der Waals surface area contributed by atoms with E-state index < -0.39 is 0 Å². The van der Waals surface area contributed by atoms with Crippen LogP contribution in [0.4, 0.5) is 5.82 Å². The van der Waals surface area contributed by atoms with E-state index in [1.807, 2.05) is 12.1 Å². The van der Waals surface area contributed by atoms with E-state index in [0.29, 0.717) is 19.1 Å². The standard InChI is InChI=1S/C18H23N3O2/c1-13-3-4-16(9-14(13)2)23-8-6-19-18-10-17(20-12-21-18)15-5-7-22-11-15/h3-4,9-10,12,15H,5-8,11H2,1-2H3,(H,19,20,21)/t15-/m0/s1. The van der Waals surface area contributed by atoms with Crippen molar-refractivity contribution in [1.82, 2.24) is 9.97 Å². The lowest BCUT2D eigenvalue weighted by atomic mass is 10.1. The summed E-state index contributed by atoms with van der Waals surface area (Å²) >= 11 is 0. The molecule has 0 aliphatic carbocycles. The van der Waals surface area contributed by atoms with Gasteiger partial charge in [-0.05, 0) is 43.5 Å². The highest BCUT2D eigenvalue weighted by Gasteiger charge is 2.19. The predicted octanol–water partition coefficient (Wildman–Crippen LogP) is 3.09. The van der Waals surface area contributed by atoms with E-state index in [1.165, 1.54) is 11.1 Å². The highest BCUT2D eigenvalue weighted by atomic mass is 16.5. The lowest BCUT2D eigenvalue weighted by molar-refractivity contribution is 0.193. The zero-order valence-electron chi connectivity index (χ0n) is 13.7. The van der Waals surface area contributed by atoms with Crippen molar-refractivity contribution in [2.45, 2.75) is 26.2 Å². The molecule has 0 saturated carbocycles. The Morgan fingerprint density at radius 1 is 1.22 bits per heavy atom. The van der Waals surface area contributed by atoms with E-state index in [1.54, 1.807) is 6.33 Å². The molecule has 3 rings (SSSR count). The number of rotatable bonds is 6. The second-order valence-corrected chi connectivity index (χ2v) is 5.91. The van der Waals surface area contributed by atoms with Crippen molar-refractivity contribution in [3.63, 3.8) is 0 Å². The number of aryl methyl sites for hydroxylation is 2. The molecule has 0 spiro atoms. The third-order valence-corrected chi connectivity index (χ3v) is 4.19. The maximum Gasteiger partial charge on any atom is 0.129 e. The molecule has 2 heterocycles. The van der Waals surface area contributed by atoms with Crippen LogP contribution in [-0.2, 0) is 4.74 Å². The lowest BCUT2D eigenvalue weighted by Crippen LogP contribution is -2.13.